The number of nitrogens with one attached hydrogen (secondary N) is 1. The number of rotatable bonds is 7. The van der Waals surface area contributed by atoms with Crippen molar-refractivity contribution in [3.8, 4) is 0 Å². The highest BCUT2D eigenvalue weighted by Crippen LogP contribution is 2.30. The Labute approximate surface area is 245 Å². The number of carbonyl (C=O) groups is 2. The van der Waals surface area contributed by atoms with Gasteiger partial charge in [-0.25, -0.2) is 9.18 Å². The second-order valence-corrected chi connectivity index (χ2v) is 10.8. The summed E-state index contributed by atoms with van der Waals surface area (Å²) in [6.45, 7) is 7.36. The third-order valence-corrected chi connectivity index (χ3v) is 7.83. The van der Waals surface area contributed by atoms with Crippen LogP contribution >= 0.6 is 0 Å². The van der Waals surface area contributed by atoms with Gasteiger partial charge in [-0.3, -0.25) is 14.6 Å². The number of hydrogen-bond donors (Lipinski definition) is 2. The molecule has 3 heterocycles. The fraction of sp³-hybridized carbons (Fsp3) is 0.483. The molecule has 2 aromatic rings. The van der Waals surface area contributed by atoms with Gasteiger partial charge >= 0.3 is 6.09 Å². The normalized spacial score (nSPS) is 20.8. The second kappa shape index (κ2) is 13.6. The quantitative estimate of drug-likeness (QED) is 0.170. The molecule has 0 aromatic heterocycles. The molecular weight excluding hydrogens is 541 g/mol. The lowest BCUT2D eigenvalue weighted by molar-refractivity contribution is -0.119. The Hall–Kier alpha value is -4.26. The summed E-state index contributed by atoms with van der Waals surface area (Å²) in [4.78, 5) is 31.3. The predicted octanol–water partition coefficient (Wildman–Crippen LogP) is 2.76. The first kappa shape index (κ1) is 29.2. The molecule has 0 radical (unpaired) electrons. The van der Waals surface area contributed by atoms with Crippen LogP contribution in [0.5, 0.6) is 0 Å². The molecule has 3 aliphatic heterocycles. The second-order valence-electron chi connectivity index (χ2n) is 10.8. The van der Waals surface area contributed by atoms with Crippen LogP contribution in [0.25, 0.3) is 0 Å². The number of hydrazone groups is 1. The van der Waals surface area contributed by atoms with E-state index in [4.69, 9.17) is 10.6 Å². The smallest absolute Gasteiger partial charge is 0.414 e. The molecule has 12 nitrogen and oxygen atoms in total. The maximum atomic E-state index is 15.2. The zero-order chi connectivity index (χ0) is 29.5. The van der Waals surface area contributed by atoms with Gasteiger partial charge in [-0.2, -0.15) is 5.11 Å². The van der Waals surface area contributed by atoms with Crippen LogP contribution in [0, 0.1) is 5.82 Å². The molecular formula is C29H38FN9O3. The van der Waals surface area contributed by atoms with Crippen molar-refractivity contribution in [3.05, 3.63) is 59.9 Å². The summed E-state index contributed by atoms with van der Waals surface area (Å²) >= 11 is 0. The van der Waals surface area contributed by atoms with E-state index in [1.165, 1.54) is 23.5 Å². The van der Waals surface area contributed by atoms with Crippen molar-refractivity contribution >= 4 is 29.3 Å². The zero-order valence-corrected chi connectivity index (χ0v) is 23.9. The van der Waals surface area contributed by atoms with Crippen LogP contribution < -0.4 is 21.0 Å². The fourth-order valence-corrected chi connectivity index (χ4v) is 5.49. The highest BCUT2D eigenvalue weighted by molar-refractivity contribution is 5.90. The summed E-state index contributed by atoms with van der Waals surface area (Å²) in [5, 5.41) is 15.5. The number of nitrogens with zero attached hydrogens (tertiary/aromatic N) is 7. The van der Waals surface area contributed by atoms with E-state index >= 15 is 4.39 Å². The van der Waals surface area contributed by atoms with Gasteiger partial charge in [0.25, 0.3) is 5.96 Å². The number of benzene rings is 2. The zero-order valence-electron chi connectivity index (χ0n) is 23.9. The summed E-state index contributed by atoms with van der Waals surface area (Å²) in [6.07, 6.45) is 0.400. The van der Waals surface area contributed by atoms with Gasteiger partial charge < -0.3 is 25.7 Å². The molecule has 0 spiro atoms. The predicted molar refractivity (Wildman–Crippen MR) is 158 cm³/mol. The van der Waals surface area contributed by atoms with Crippen molar-refractivity contribution in [1.82, 2.24) is 15.1 Å². The summed E-state index contributed by atoms with van der Waals surface area (Å²) in [6, 6.07) is 15.2. The van der Waals surface area contributed by atoms with Gasteiger partial charge in [-0.05, 0) is 36.6 Å². The monoisotopic (exact) mass is 579 g/mol. The Morgan fingerprint density at radius 1 is 1.07 bits per heavy atom. The number of carbonyl (C=O) groups excluding carboxylic acids is 2. The van der Waals surface area contributed by atoms with Gasteiger partial charge in [0.15, 0.2) is 0 Å². The van der Waals surface area contributed by atoms with Gasteiger partial charge in [0.1, 0.15) is 11.9 Å². The molecule has 224 valence electrons. The number of anilines is 2. The highest BCUT2D eigenvalue weighted by Gasteiger charge is 2.33. The average Bonchev–Trinajstić information content (AvgIpc) is 3.38. The first-order valence-electron chi connectivity index (χ1n) is 14.4. The number of cyclic esters (lactones) is 1. The van der Waals surface area contributed by atoms with Crippen LogP contribution in [-0.2, 0) is 16.1 Å². The van der Waals surface area contributed by atoms with Crippen LogP contribution in [0.4, 0.5) is 20.6 Å². The van der Waals surface area contributed by atoms with Gasteiger partial charge in [0.2, 0.25) is 5.91 Å². The van der Waals surface area contributed by atoms with E-state index < -0.39 is 18.0 Å². The van der Waals surface area contributed by atoms with E-state index in [9.17, 15) is 9.59 Å². The number of amides is 2. The van der Waals surface area contributed by atoms with E-state index in [1.807, 2.05) is 11.0 Å². The van der Waals surface area contributed by atoms with Gasteiger partial charge in [-0.1, -0.05) is 30.3 Å². The number of azo groups is 1. The number of piperidine rings is 1. The minimum Gasteiger partial charge on any atom is -0.442 e. The van der Waals surface area contributed by atoms with Crippen molar-refractivity contribution in [3.63, 3.8) is 0 Å². The molecule has 0 bridgehead atoms. The Bertz CT molecular complexity index is 1290. The SMILES string of the molecule is CC(=O)NC[C@H]1CN(c2ccc(N3CCC(N=NC(=NN)N4CCN(Cc5ccccc5)CC4)CC3)c(F)c2)C(=O)O1. The maximum Gasteiger partial charge on any atom is 0.414 e. The number of guanidine groups is 1. The lowest BCUT2D eigenvalue weighted by Gasteiger charge is -2.35. The van der Waals surface area contributed by atoms with Gasteiger partial charge in [0.05, 0.1) is 30.5 Å². The van der Waals surface area contributed by atoms with E-state index in [0.717, 1.165) is 45.6 Å². The van der Waals surface area contributed by atoms with Crippen molar-refractivity contribution in [2.24, 2.45) is 21.2 Å². The Kier molecular flexibility index (Phi) is 9.47. The van der Waals surface area contributed by atoms with Crippen LogP contribution in [0.2, 0.25) is 0 Å². The van der Waals surface area contributed by atoms with Crippen molar-refractivity contribution < 1.29 is 18.7 Å². The molecule has 5 rings (SSSR count). The average molecular weight is 580 g/mol. The first-order chi connectivity index (χ1) is 20.4. The van der Waals surface area contributed by atoms with Gasteiger partial charge in [0, 0.05) is 52.7 Å². The molecule has 42 heavy (non-hydrogen) atoms. The van der Waals surface area contributed by atoms with E-state index in [-0.39, 0.29) is 25.0 Å². The summed E-state index contributed by atoms with van der Waals surface area (Å²) < 4.78 is 20.4. The molecule has 3 N–H and O–H groups in total. The Morgan fingerprint density at radius 3 is 2.48 bits per heavy atom. The third-order valence-electron chi connectivity index (χ3n) is 7.83. The topological polar surface area (TPSA) is 131 Å². The Morgan fingerprint density at radius 2 is 1.81 bits per heavy atom. The van der Waals surface area contributed by atoms with Crippen LogP contribution in [0.1, 0.15) is 25.3 Å². The van der Waals surface area contributed by atoms with Crippen LogP contribution in [0.3, 0.4) is 0 Å². The first-order valence-corrected chi connectivity index (χ1v) is 14.4. The van der Waals surface area contributed by atoms with E-state index in [1.54, 1.807) is 12.1 Å². The van der Waals surface area contributed by atoms with Crippen molar-refractivity contribution in [1.29, 1.82) is 0 Å². The molecule has 0 unspecified atom stereocenters. The fourth-order valence-electron chi connectivity index (χ4n) is 5.49. The molecule has 2 amide bonds. The largest absolute Gasteiger partial charge is 0.442 e. The lowest BCUT2D eigenvalue weighted by atomic mass is 10.0. The highest BCUT2D eigenvalue weighted by atomic mass is 19.1. The van der Waals surface area contributed by atoms with E-state index in [0.29, 0.717) is 30.4 Å². The van der Waals surface area contributed by atoms with Crippen molar-refractivity contribution in [2.75, 3.05) is 62.2 Å². The number of halogens is 1. The molecule has 3 saturated heterocycles. The molecule has 13 heteroatoms. The molecule has 1 atom stereocenters. The standard InChI is InChI=1S/C29H38FN9O3/c1-21(40)32-18-25-20-39(29(41)42-25)24-7-8-27(26(30)17-24)37-11-9-23(10-12-37)34-35-28(33-31)38-15-13-36(14-16-38)19-22-5-3-2-4-6-22/h2-8,17,23,25H,9-16,18-20,31H2,1H3,(H,32,40)/t25-/m0/s1. The summed E-state index contributed by atoms with van der Waals surface area (Å²) in [5.41, 5.74) is 2.20. The summed E-state index contributed by atoms with van der Waals surface area (Å²) in [7, 11) is 0. The molecule has 3 aliphatic rings. The summed E-state index contributed by atoms with van der Waals surface area (Å²) in [5.74, 6) is 5.51. The number of ether oxygens (including phenoxy) is 1. The van der Waals surface area contributed by atoms with E-state index in [2.05, 4.69) is 54.7 Å². The molecule has 0 saturated carbocycles. The minimum atomic E-state index is -0.557. The number of hydrogen-bond acceptors (Lipinski definition) is 8. The third kappa shape index (κ3) is 7.32. The van der Waals surface area contributed by atoms with Gasteiger partial charge in [-0.15, -0.1) is 10.2 Å². The molecule has 2 aromatic carbocycles. The molecule has 3 fully saturated rings. The lowest BCUT2D eigenvalue weighted by Crippen LogP contribution is -2.48. The van der Waals surface area contributed by atoms with Crippen LogP contribution in [0.15, 0.2) is 63.9 Å². The van der Waals surface area contributed by atoms with Crippen molar-refractivity contribution in [2.45, 2.75) is 38.5 Å². The Balaban J connectivity index is 1.09. The number of piperazine rings is 1. The molecule has 0 aliphatic carbocycles. The number of nitrogens with two attached hydrogens (primary N) is 1. The minimum absolute atomic E-state index is 0.000352. The maximum absolute atomic E-state index is 15.2. The van der Waals surface area contributed by atoms with Crippen LogP contribution in [-0.4, -0.2) is 92.3 Å².